The number of nitrogens with one attached hydrogen (secondary N) is 1. The van der Waals surface area contributed by atoms with Gasteiger partial charge >= 0.3 is 0 Å². The minimum atomic E-state index is -0.130. The molecule has 1 unspecified atom stereocenters. The SMILES string of the molecule is C#CCN1CCNCC1.C=C(C(=O)CC)/C(=C\C=C/C)C(C)=O.CCC(=O)CCC(C)C(C)=O. The lowest BCUT2D eigenvalue weighted by atomic mass is 9.98. The van der Waals surface area contributed by atoms with Crippen LogP contribution >= 0.6 is 0 Å². The molecule has 0 aromatic rings. The minimum Gasteiger partial charge on any atom is -0.314 e. The van der Waals surface area contributed by atoms with E-state index < -0.39 is 0 Å². The van der Waals surface area contributed by atoms with Gasteiger partial charge in [0.05, 0.1) is 6.54 Å². The van der Waals surface area contributed by atoms with Crippen LogP contribution in [-0.4, -0.2) is 60.8 Å². The van der Waals surface area contributed by atoms with Gasteiger partial charge in [0.25, 0.3) is 0 Å². The predicted molar refractivity (Wildman–Crippen MR) is 141 cm³/mol. The van der Waals surface area contributed by atoms with Crippen LogP contribution in [0.2, 0.25) is 0 Å². The summed E-state index contributed by atoms with van der Waals surface area (Å²) < 4.78 is 0. The van der Waals surface area contributed by atoms with Crippen LogP contribution in [0.4, 0.5) is 0 Å². The molecular weight excluding hydrogens is 428 g/mol. The number of terminal acetylenes is 1. The van der Waals surface area contributed by atoms with Crippen molar-refractivity contribution < 1.29 is 19.2 Å². The second-order valence-corrected chi connectivity index (χ2v) is 8.09. The van der Waals surface area contributed by atoms with Gasteiger partial charge in [-0.15, -0.1) is 6.42 Å². The Kier molecular flexibility index (Phi) is 20.7. The van der Waals surface area contributed by atoms with Crippen molar-refractivity contribution in [2.24, 2.45) is 5.92 Å². The summed E-state index contributed by atoms with van der Waals surface area (Å²) in [6, 6.07) is 0. The number of carbonyl (C=O) groups excluding carboxylic acids is 4. The number of Topliss-reactive ketones (excluding diaryl/α,β-unsaturated/α-hetero) is 4. The van der Waals surface area contributed by atoms with Gasteiger partial charge in [-0.1, -0.05) is 51.5 Å². The van der Waals surface area contributed by atoms with Crippen LogP contribution in [-0.2, 0) is 19.2 Å². The molecule has 0 spiro atoms. The monoisotopic (exact) mass is 472 g/mol. The van der Waals surface area contributed by atoms with Crippen LogP contribution in [0, 0.1) is 18.3 Å². The van der Waals surface area contributed by atoms with Crippen molar-refractivity contribution in [3.05, 3.63) is 36.0 Å². The third kappa shape index (κ3) is 16.9. The summed E-state index contributed by atoms with van der Waals surface area (Å²) in [6.45, 7) is 19.1. The molecule has 0 aromatic carbocycles. The summed E-state index contributed by atoms with van der Waals surface area (Å²) in [5.74, 6) is 2.89. The number of ketones is 4. The van der Waals surface area contributed by atoms with Crippen LogP contribution in [0.5, 0.6) is 0 Å². The smallest absolute Gasteiger partial charge is 0.162 e. The zero-order valence-corrected chi connectivity index (χ0v) is 22.0. The number of nitrogens with zero attached hydrogens (tertiary/aromatic N) is 1. The lowest BCUT2D eigenvalue weighted by molar-refractivity contribution is -0.121. The van der Waals surface area contributed by atoms with Gasteiger partial charge in [-0.3, -0.25) is 24.1 Å². The molecule has 0 aliphatic carbocycles. The quantitative estimate of drug-likeness (QED) is 0.277. The Hall–Kier alpha value is -2.62. The van der Waals surface area contributed by atoms with Gasteiger partial charge in [0.1, 0.15) is 11.6 Å². The van der Waals surface area contributed by atoms with Crippen molar-refractivity contribution in [1.29, 1.82) is 0 Å². The van der Waals surface area contributed by atoms with E-state index in [-0.39, 0.29) is 29.1 Å². The molecule has 1 fully saturated rings. The van der Waals surface area contributed by atoms with E-state index in [2.05, 4.69) is 22.7 Å². The van der Waals surface area contributed by atoms with Crippen LogP contribution in [0.3, 0.4) is 0 Å². The van der Waals surface area contributed by atoms with Crippen LogP contribution < -0.4 is 5.32 Å². The maximum Gasteiger partial charge on any atom is 0.162 e. The third-order valence-corrected chi connectivity index (χ3v) is 5.29. The van der Waals surface area contributed by atoms with Gasteiger partial charge in [-0.05, 0) is 27.2 Å². The van der Waals surface area contributed by atoms with Crippen LogP contribution in [0.1, 0.15) is 67.2 Å². The zero-order chi connectivity index (χ0) is 26.5. The van der Waals surface area contributed by atoms with Crippen molar-refractivity contribution in [1.82, 2.24) is 10.2 Å². The zero-order valence-electron chi connectivity index (χ0n) is 22.0. The number of carbonyl (C=O) groups is 4. The molecule has 1 N–H and O–H groups in total. The molecular formula is C28H44N2O4. The summed E-state index contributed by atoms with van der Waals surface area (Å²) in [5, 5.41) is 3.26. The predicted octanol–water partition coefficient (Wildman–Crippen LogP) is 4.11. The number of rotatable bonds is 11. The fourth-order valence-corrected chi connectivity index (χ4v) is 2.74. The standard InChI is InChI=1S/C12H16O2.C9H16O2.C7H12N2/c1-5-7-8-11(10(4)13)9(3)12(14)6-2;1-4-9(11)6-5-7(2)8(3)10;1-2-5-9-6-3-8-4-7-9/h5,7-8H,3,6H2,1-2,4H3;7H,4-6H2,1-3H3;1,8H,3-7H2/b7-5-,11-8+;;. The Morgan fingerprint density at radius 3 is 2.12 bits per heavy atom. The molecule has 1 saturated heterocycles. The molecule has 34 heavy (non-hydrogen) atoms. The van der Waals surface area contributed by atoms with E-state index in [0.29, 0.717) is 36.8 Å². The van der Waals surface area contributed by atoms with E-state index in [1.165, 1.54) is 6.92 Å². The van der Waals surface area contributed by atoms with Gasteiger partial charge in [0, 0.05) is 62.5 Å². The lowest BCUT2D eigenvalue weighted by Crippen LogP contribution is -2.43. The largest absolute Gasteiger partial charge is 0.314 e. The third-order valence-electron chi connectivity index (χ3n) is 5.29. The van der Waals surface area contributed by atoms with E-state index in [1.807, 2.05) is 20.8 Å². The molecule has 1 aliphatic heterocycles. The first-order valence-electron chi connectivity index (χ1n) is 12.0. The summed E-state index contributed by atoms with van der Waals surface area (Å²) >= 11 is 0. The lowest BCUT2D eigenvalue weighted by Gasteiger charge is -2.24. The number of hydrogen-bond acceptors (Lipinski definition) is 6. The molecule has 1 atom stereocenters. The molecule has 1 heterocycles. The molecule has 190 valence electrons. The fourth-order valence-electron chi connectivity index (χ4n) is 2.74. The Bertz CT molecular complexity index is 766. The van der Waals surface area contributed by atoms with Gasteiger partial charge in [0.15, 0.2) is 11.6 Å². The summed E-state index contributed by atoms with van der Waals surface area (Å²) in [6.07, 6.45) is 12.5. The summed E-state index contributed by atoms with van der Waals surface area (Å²) in [5.41, 5.74) is 0.702. The highest BCUT2D eigenvalue weighted by Crippen LogP contribution is 2.12. The van der Waals surface area contributed by atoms with Crippen molar-refractivity contribution in [3.63, 3.8) is 0 Å². The number of hydrogen-bond donors (Lipinski definition) is 1. The molecule has 6 nitrogen and oxygen atoms in total. The number of piperazine rings is 1. The Labute approximate surface area is 206 Å². The Morgan fingerprint density at radius 2 is 1.71 bits per heavy atom. The van der Waals surface area contributed by atoms with E-state index >= 15 is 0 Å². The van der Waals surface area contributed by atoms with Gasteiger partial charge < -0.3 is 5.32 Å². The average Bonchev–Trinajstić information content (AvgIpc) is 2.83. The van der Waals surface area contributed by atoms with E-state index in [9.17, 15) is 19.2 Å². The molecule has 0 saturated carbocycles. The minimum absolute atomic E-state index is 0.0468. The molecule has 0 radical (unpaired) electrons. The van der Waals surface area contributed by atoms with Crippen molar-refractivity contribution in [2.45, 2.75) is 67.2 Å². The van der Waals surface area contributed by atoms with Crippen LogP contribution in [0.25, 0.3) is 0 Å². The maximum atomic E-state index is 11.3. The normalized spacial score (nSPS) is 14.6. The highest BCUT2D eigenvalue weighted by Gasteiger charge is 2.13. The van der Waals surface area contributed by atoms with Gasteiger partial charge in [-0.2, -0.15) is 0 Å². The molecule has 6 heteroatoms. The molecule has 0 aromatic heterocycles. The van der Waals surface area contributed by atoms with Gasteiger partial charge in [0.2, 0.25) is 0 Å². The topological polar surface area (TPSA) is 83.6 Å². The van der Waals surface area contributed by atoms with E-state index in [0.717, 1.165) is 32.7 Å². The van der Waals surface area contributed by atoms with Gasteiger partial charge in [-0.25, -0.2) is 0 Å². The van der Waals surface area contributed by atoms with Crippen molar-refractivity contribution >= 4 is 23.1 Å². The first-order valence-corrected chi connectivity index (χ1v) is 12.0. The molecule has 1 aliphatic rings. The Balaban J connectivity index is 0. The van der Waals surface area contributed by atoms with Crippen molar-refractivity contribution in [3.8, 4) is 12.3 Å². The van der Waals surface area contributed by atoms with E-state index in [1.54, 1.807) is 32.1 Å². The maximum absolute atomic E-state index is 11.3. The summed E-state index contributed by atoms with van der Waals surface area (Å²) in [7, 11) is 0. The average molecular weight is 473 g/mol. The molecule has 1 rings (SSSR count). The molecule has 0 amide bonds. The second-order valence-electron chi connectivity index (χ2n) is 8.09. The summed E-state index contributed by atoms with van der Waals surface area (Å²) in [4.78, 5) is 46.3. The Morgan fingerprint density at radius 1 is 1.12 bits per heavy atom. The highest BCUT2D eigenvalue weighted by atomic mass is 16.1. The molecule has 0 bridgehead atoms. The first kappa shape index (κ1) is 33.6. The van der Waals surface area contributed by atoms with Crippen LogP contribution in [0.15, 0.2) is 36.0 Å². The fraction of sp³-hybridized carbons (Fsp3) is 0.571. The van der Waals surface area contributed by atoms with Crippen molar-refractivity contribution in [2.75, 3.05) is 32.7 Å². The highest BCUT2D eigenvalue weighted by molar-refractivity contribution is 6.11. The van der Waals surface area contributed by atoms with E-state index in [4.69, 9.17) is 6.42 Å². The number of allylic oxidation sites excluding steroid dienone is 5. The second kappa shape index (κ2) is 20.9. The first-order chi connectivity index (χ1) is 16.0.